The maximum absolute atomic E-state index is 11.9. The highest BCUT2D eigenvalue weighted by atomic mass is 16.5. The zero-order valence-electron chi connectivity index (χ0n) is 13.3. The molecule has 0 amide bonds. The summed E-state index contributed by atoms with van der Waals surface area (Å²) < 4.78 is 7.41. The van der Waals surface area contributed by atoms with Gasteiger partial charge < -0.3 is 4.74 Å². The van der Waals surface area contributed by atoms with Crippen LogP contribution in [0, 0.1) is 0 Å². The fraction of sp³-hybridized carbons (Fsp3) is 0.643. The van der Waals surface area contributed by atoms with E-state index in [0.29, 0.717) is 18.8 Å². The molecule has 7 heteroatoms. The normalized spacial score (nSPS) is 11.2. The van der Waals surface area contributed by atoms with Crippen LogP contribution in [0.3, 0.4) is 0 Å². The first-order chi connectivity index (χ1) is 9.77. The molecular weight excluding hydrogens is 274 g/mol. The van der Waals surface area contributed by atoms with E-state index in [0.717, 1.165) is 4.57 Å². The second-order valence-electron chi connectivity index (χ2n) is 5.18. The summed E-state index contributed by atoms with van der Waals surface area (Å²) in [6.07, 6.45) is 0. The summed E-state index contributed by atoms with van der Waals surface area (Å²) in [5.41, 5.74) is -0.161. The molecule has 21 heavy (non-hydrogen) atoms. The molecule has 0 atom stereocenters. The Hall–Kier alpha value is -1.89. The molecule has 7 nitrogen and oxygen atoms in total. The number of aromatic nitrogens is 2. The van der Waals surface area contributed by atoms with Crippen LogP contribution in [-0.4, -0.2) is 39.2 Å². The third-order valence-corrected chi connectivity index (χ3v) is 3.36. The van der Waals surface area contributed by atoms with E-state index in [1.54, 1.807) is 14.0 Å². The third-order valence-electron chi connectivity index (χ3n) is 3.36. The number of rotatable bonds is 6. The Bertz CT molecular complexity index is 616. The Morgan fingerprint density at radius 2 is 1.90 bits per heavy atom. The first-order valence-electron chi connectivity index (χ1n) is 6.93. The van der Waals surface area contributed by atoms with Gasteiger partial charge in [0.05, 0.1) is 13.2 Å². The molecule has 0 aliphatic rings. The van der Waals surface area contributed by atoms with Crippen LogP contribution in [0.5, 0.6) is 0 Å². The summed E-state index contributed by atoms with van der Waals surface area (Å²) in [4.78, 5) is 37.1. The van der Waals surface area contributed by atoms with Crippen molar-refractivity contribution in [3.05, 3.63) is 32.6 Å². The largest absolute Gasteiger partial charge is 0.465 e. The Morgan fingerprint density at radius 1 is 1.29 bits per heavy atom. The van der Waals surface area contributed by atoms with E-state index in [1.807, 2.05) is 18.7 Å². The monoisotopic (exact) mass is 297 g/mol. The van der Waals surface area contributed by atoms with Crippen molar-refractivity contribution in [1.82, 2.24) is 14.0 Å². The summed E-state index contributed by atoms with van der Waals surface area (Å²) in [5, 5.41) is 0. The molecule has 0 saturated heterocycles. The van der Waals surface area contributed by atoms with Gasteiger partial charge in [-0.2, -0.15) is 0 Å². The van der Waals surface area contributed by atoms with Crippen molar-refractivity contribution in [1.29, 1.82) is 0 Å². The van der Waals surface area contributed by atoms with Crippen molar-refractivity contribution in [3.8, 4) is 0 Å². The summed E-state index contributed by atoms with van der Waals surface area (Å²) >= 11 is 0. The van der Waals surface area contributed by atoms with Gasteiger partial charge in [0, 0.05) is 38.4 Å². The number of nitrogens with zero attached hydrogens (tertiary/aromatic N) is 3. The second kappa shape index (κ2) is 7.21. The van der Waals surface area contributed by atoms with Crippen molar-refractivity contribution < 1.29 is 9.53 Å². The van der Waals surface area contributed by atoms with Crippen LogP contribution in [0.4, 0.5) is 0 Å². The lowest BCUT2D eigenvalue weighted by Crippen LogP contribution is -2.42. The van der Waals surface area contributed by atoms with Crippen LogP contribution >= 0.6 is 0 Å². The average Bonchev–Trinajstić information content (AvgIpc) is 2.41. The minimum Gasteiger partial charge on any atom is -0.465 e. The Morgan fingerprint density at radius 3 is 2.43 bits per heavy atom. The topological polar surface area (TPSA) is 73.5 Å². The summed E-state index contributed by atoms with van der Waals surface area (Å²) in [7, 11) is 3.05. The van der Waals surface area contributed by atoms with E-state index in [2.05, 4.69) is 0 Å². The summed E-state index contributed by atoms with van der Waals surface area (Å²) in [6.45, 7) is 6.42. The van der Waals surface area contributed by atoms with Gasteiger partial charge in [-0.15, -0.1) is 0 Å². The van der Waals surface area contributed by atoms with Crippen molar-refractivity contribution in [2.45, 2.75) is 33.4 Å². The highest BCUT2D eigenvalue weighted by Crippen LogP contribution is 2.05. The fourth-order valence-electron chi connectivity index (χ4n) is 1.93. The number of esters is 1. The van der Waals surface area contributed by atoms with E-state index in [9.17, 15) is 14.4 Å². The first-order valence-corrected chi connectivity index (χ1v) is 6.93. The Balaban J connectivity index is 3.03. The van der Waals surface area contributed by atoms with Gasteiger partial charge in [0.25, 0.3) is 5.56 Å². The molecule has 0 aliphatic heterocycles. The number of hydrogen-bond acceptors (Lipinski definition) is 5. The molecule has 1 aromatic heterocycles. The molecule has 0 radical (unpaired) electrons. The molecule has 0 spiro atoms. The summed E-state index contributed by atoms with van der Waals surface area (Å²) in [6, 6.07) is 1.50. The number of carbonyl (C=O) groups excluding carboxylic acids is 1. The van der Waals surface area contributed by atoms with Crippen LogP contribution < -0.4 is 11.2 Å². The Labute approximate surface area is 123 Å². The predicted molar refractivity (Wildman–Crippen MR) is 79.1 cm³/mol. The van der Waals surface area contributed by atoms with E-state index in [-0.39, 0.29) is 29.8 Å². The first kappa shape index (κ1) is 17.2. The van der Waals surface area contributed by atoms with Gasteiger partial charge in [-0.1, -0.05) is 0 Å². The van der Waals surface area contributed by atoms with E-state index >= 15 is 0 Å². The number of carbonyl (C=O) groups is 1. The molecule has 0 aliphatic carbocycles. The van der Waals surface area contributed by atoms with Crippen molar-refractivity contribution >= 4 is 5.97 Å². The minimum atomic E-state index is -0.377. The lowest BCUT2D eigenvalue weighted by atomic mass is 10.2. The van der Waals surface area contributed by atoms with E-state index < -0.39 is 0 Å². The van der Waals surface area contributed by atoms with Crippen LogP contribution in [0.1, 0.15) is 26.5 Å². The smallest absolute Gasteiger partial charge is 0.330 e. The van der Waals surface area contributed by atoms with Crippen LogP contribution in [0.25, 0.3) is 0 Å². The SMILES string of the molecule is CCOC(=O)CN(Cc1cc(=O)n(C)c(=O)n1C)C(C)C. The summed E-state index contributed by atoms with van der Waals surface area (Å²) in [5.74, 6) is -0.319. The van der Waals surface area contributed by atoms with E-state index in [1.165, 1.54) is 17.7 Å². The lowest BCUT2D eigenvalue weighted by molar-refractivity contribution is -0.145. The lowest BCUT2D eigenvalue weighted by Gasteiger charge is -2.26. The third kappa shape index (κ3) is 4.29. The zero-order chi connectivity index (χ0) is 16.2. The average molecular weight is 297 g/mol. The highest BCUT2D eigenvalue weighted by Gasteiger charge is 2.17. The molecular formula is C14H23N3O4. The van der Waals surface area contributed by atoms with Crippen molar-refractivity contribution in [2.24, 2.45) is 14.1 Å². The molecule has 1 aromatic rings. The van der Waals surface area contributed by atoms with Gasteiger partial charge in [-0.3, -0.25) is 23.6 Å². The maximum atomic E-state index is 11.9. The predicted octanol–water partition coefficient (Wildman–Crippen LogP) is -0.142. The molecule has 1 heterocycles. The maximum Gasteiger partial charge on any atom is 0.330 e. The molecule has 1 rings (SSSR count). The minimum absolute atomic E-state index is 0.0774. The van der Waals surface area contributed by atoms with Gasteiger partial charge >= 0.3 is 11.7 Å². The molecule has 0 N–H and O–H groups in total. The van der Waals surface area contributed by atoms with E-state index in [4.69, 9.17) is 4.74 Å². The number of ether oxygens (including phenoxy) is 1. The molecule has 0 aromatic carbocycles. The quantitative estimate of drug-likeness (QED) is 0.683. The standard InChI is InChI=1S/C14H23N3O4/c1-6-21-13(19)9-17(10(2)3)8-11-7-12(18)16(5)14(20)15(11)4/h7,10H,6,8-9H2,1-5H3. The van der Waals surface area contributed by atoms with Gasteiger partial charge in [0.15, 0.2) is 0 Å². The van der Waals surface area contributed by atoms with Gasteiger partial charge in [-0.25, -0.2) is 4.79 Å². The molecule has 0 fully saturated rings. The van der Waals surface area contributed by atoms with Crippen molar-refractivity contribution in [3.63, 3.8) is 0 Å². The second-order valence-corrected chi connectivity index (χ2v) is 5.18. The van der Waals surface area contributed by atoms with Gasteiger partial charge in [0.2, 0.25) is 0 Å². The van der Waals surface area contributed by atoms with Crippen LogP contribution in [0.2, 0.25) is 0 Å². The highest BCUT2D eigenvalue weighted by molar-refractivity contribution is 5.71. The zero-order valence-corrected chi connectivity index (χ0v) is 13.3. The fourth-order valence-corrected chi connectivity index (χ4v) is 1.93. The molecule has 118 valence electrons. The van der Waals surface area contributed by atoms with Gasteiger partial charge in [0.1, 0.15) is 0 Å². The van der Waals surface area contributed by atoms with Crippen LogP contribution in [0.15, 0.2) is 15.7 Å². The molecule has 0 unspecified atom stereocenters. The molecule has 0 saturated carbocycles. The van der Waals surface area contributed by atoms with Gasteiger partial charge in [-0.05, 0) is 20.8 Å². The van der Waals surface area contributed by atoms with Crippen LogP contribution in [-0.2, 0) is 30.2 Å². The Kier molecular flexibility index (Phi) is 5.90. The van der Waals surface area contributed by atoms with Crippen molar-refractivity contribution in [2.75, 3.05) is 13.2 Å². The number of hydrogen-bond donors (Lipinski definition) is 0. The molecule has 0 bridgehead atoms.